The van der Waals surface area contributed by atoms with E-state index in [4.69, 9.17) is 16.3 Å². The maximum absolute atomic E-state index is 13.9. The van der Waals surface area contributed by atoms with Crippen molar-refractivity contribution >= 4 is 27.3 Å². The molecule has 0 saturated heterocycles. The van der Waals surface area contributed by atoms with Crippen LogP contribution in [0.4, 0.5) is 4.39 Å². The predicted octanol–water partition coefficient (Wildman–Crippen LogP) is 4.58. The van der Waals surface area contributed by atoms with E-state index in [9.17, 15) is 17.6 Å². The van der Waals surface area contributed by atoms with Gasteiger partial charge in [-0.1, -0.05) is 54.1 Å². The molecule has 0 aromatic heterocycles. The topological polar surface area (TPSA) is 72.5 Å². The number of carbonyl (C=O) groups excluding carboxylic acids is 1. The highest BCUT2D eigenvalue weighted by atomic mass is 35.5. The Labute approximate surface area is 185 Å². The Balaban J connectivity index is 1.65. The third-order valence-corrected chi connectivity index (χ3v) is 6.53. The van der Waals surface area contributed by atoms with Crippen molar-refractivity contribution in [2.75, 3.05) is 12.4 Å². The van der Waals surface area contributed by atoms with Crippen molar-refractivity contribution in [2.24, 2.45) is 0 Å². The summed E-state index contributed by atoms with van der Waals surface area (Å²) >= 11 is 5.79. The fourth-order valence-corrected chi connectivity index (χ4v) is 4.26. The van der Waals surface area contributed by atoms with Gasteiger partial charge in [-0.25, -0.2) is 12.8 Å². The number of benzene rings is 3. The van der Waals surface area contributed by atoms with Crippen LogP contribution in [0.3, 0.4) is 0 Å². The summed E-state index contributed by atoms with van der Waals surface area (Å²) in [4.78, 5) is 12.6. The smallest absolute Gasteiger partial charge is 0.221 e. The largest absolute Gasteiger partial charge is 0.488 e. The Bertz CT molecular complexity index is 1120. The minimum absolute atomic E-state index is 0.0133. The van der Waals surface area contributed by atoms with Crippen molar-refractivity contribution in [2.45, 2.75) is 17.4 Å². The number of nitrogens with one attached hydrogen (secondary N) is 1. The molecule has 0 spiro atoms. The van der Waals surface area contributed by atoms with E-state index in [2.05, 4.69) is 5.32 Å². The lowest BCUT2D eigenvalue weighted by atomic mass is 10.1. The molecule has 0 bridgehead atoms. The van der Waals surface area contributed by atoms with E-state index < -0.39 is 27.6 Å². The molecule has 1 N–H and O–H groups in total. The summed E-state index contributed by atoms with van der Waals surface area (Å²) in [6.45, 7) is -0.0133. The van der Waals surface area contributed by atoms with Crippen molar-refractivity contribution in [1.82, 2.24) is 5.32 Å². The standard InChI is InChI=1S/C23H21ClFNO4S/c24-18-10-12-19(13-11-18)31(28,29)15-14-23(27)26-21(17-6-2-1-3-7-17)16-30-22-9-5-4-8-20(22)25/h1-13,21H,14-16H2,(H,26,27). The van der Waals surface area contributed by atoms with E-state index in [1.807, 2.05) is 18.2 Å². The first-order chi connectivity index (χ1) is 14.8. The molecule has 1 unspecified atom stereocenters. The van der Waals surface area contributed by atoms with Crippen LogP contribution in [-0.4, -0.2) is 26.7 Å². The molecular formula is C23H21ClFNO4S. The van der Waals surface area contributed by atoms with Crippen LogP contribution >= 0.6 is 11.6 Å². The first-order valence-corrected chi connectivity index (χ1v) is 11.6. The van der Waals surface area contributed by atoms with Crippen molar-refractivity contribution in [3.63, 3.8) is 0 Å². The third kappa shape index (κ3) is 6.54. The minimum Gasteiger partial charge on any atom is -0.488 e. The fraction of sp³-hybridized carbons (Fsp3) is 0.174. The maximum Gasteiger partial charge on any atom is 0.221 e. The zero-order valence-electron chi connectivity index (χ0n) is 16.5. The number of hydrogen-bond donors (Lipinski definition) is 1. The number of ether oxygens (including phenoxy) is 1. The van der Waals surface area contributed by atoms with E-state index in [0.717, 1.165) is 5.56 Å². The van der Waals surface area contributed by atoms with Gasteiger partial charge in [0.2, 0.25) is 5.91 Å². The number of carbonyl (C=O) groups is 1. The maximum atomic E-state index is 13.9. The summed E-state index contributed by atoms with van der Waals surface area (Å²) in [6.07, 6.45) is -0.228. The van der Waals surface area contributed by atoms with Gasteiger partial charge in [0.15, 0.2) is 21.4 Å². The lowest BCUT2D eigenvalue weighted by molar-refractivity contribution is -0.121. The van der Waals surface area contributed by atoms with Crippen LogP contribution in [0, 0.1) is 5.82 Å². The summed E-state index contributed by atoms with van der Waals surface area (Å²) in [7, 11) is -3.63. The number of sulfone groups is 1. The van der Waals surface area contributed by atoms with Gasteiger partial charge in [0, 0.05) is 11.4 Å². The van der Waals surface area contributed by atoms with Gasteiger partial charge in [0.05, 0.1) is 16.7 Å². The van der Waals surface area contributed by atoms with Crippen molar-refractivity contribution in [3.05, 3.63) is 95.3 Å². The van der Waals surface area contributed by atoms with Gasteiger partial charge >= 0.3 is 0 Å². The second-order valence-corrected chi connectivity index (χ2v) is 9.34. The average Bonchev–Trinajstić information content (AvgIpc) is 2.77. The molecule has 162 valence electrons. The molecule has 3 aromatic rings. The SMILES string of the molecule is O=C(CCS(=O)(=O)c1ccc(Cl)cc1)NC(COc1ccccc1F)c1ccccc1. The first kappa shape index (κ1) is 22.8. The highest BCUT2D eigenvalue weighted by Gasteiger charge is 2.20. The molecule has 8 heteroatoms. The molecule has 0 heterocycles. The molecule has 0 saturated carbocycles. The molecule has 5 nitrogen and oxygen atoms in total. The summed E-state index contributed by atoms with van der Waals surface area (Å²) in [5.41, 5.74) is 0.757. The molecule has 0 fully saturated rings. The van der Waals surface area contributed by atoms with Crippen LogP contribution in [0.15, 0.2) is 83.8 Å². The number of rotatable bonds is 9. The monoisotopic (exact) mass is 461 g/mol. The van der Waals surface area contributed by atoms with Crippen molar-refractivity contribution in [3.8, 4) is 5.75 Å². The van der Waals surface area contributed by atoms with Gasteiger partial charge in [0.1, 0.15) is 6.61 Å². The van der Waals surface area contributed by atoms with E-state index >= 15 is 0 Å². The lowest BCUT2D eigenvalue weighted by Gasteiger charge is -2.20. The highest BCUT2D eigenvalue weighted by Crippen LogP contribution is 2.20. The molecule has 3 rings (SSSR count). The fourth-order valence-electron chi connectivity index (χ4n) is 2.89. The Kier molecular flexibility index (Phi) is 7.65. The minimum atomic E-state index is -3.63. The molecule has 0 radical (unpaired) electrons. The first-order valence-electron chi connectivity index (χ1n) is 9.55. The van der Waals surface area contributed by atoms with Crippen LogP contribution in [0.25, 0.3) is 0 Å². The number of halogens is 2. The van der Waals surface area contributed by atoms with E-state index in [1.165, 1.54) is 36.4 Å². The van der Waals surface area contributed by atoms with Crippen molar-refractivity contribution in [1.29, 1.82) is 0 Å². The van der Waals surface area contributed by atoms with Gasteiger partial charge in [-0.3, -0.25) is 4.79 Å². The Morgan fingerprint density at radius 3 is 2.29 bits per heavy atom. The molecule has 0 aliphatic heterocycles. The third-order valence-electron chi connectivity index (χ3n) is 4.55. The summed E-state index contributed by atoms with van der Waals surface area (Å²) in [5.74, 6) is -1.24. The Morgan fingerprint density at radius 1 is 0.968 bits per heavy atom. The molecule has 0 aliphatic carbocycles. The molecule has 31 heavy (non-hydrogen) atoms. The molecule has 0 aliphatic rings. The number of amides is 1. The molecular weight excluding hydrogens is 441 g/mol. The summed E-state index contributed by atoms with van der Waals surface area (Å²) in [6, 6.07) is 20.3. The van der Waals surface area contributed by atoms with E-state index in [0.29, 0.717) is 5.02 Å². The van der Waals surface area contributed by atoms with Gasteiger partial charge < -0.3 is 10.1 Å². The zero-order chi connectivity index (χ0) is 22.3. The number of para-hydroxylation sites is 1. The van der Waals surface area contributed by atoms with Gasteiger partial charge in [-0.2, -0.15) is 0 Å². The predicted molar refractivity (Wildman–Crippen MR) is 117 cm³/mol. The zero-order valence-corrected chi connectivity index (χ0v) is 18.1. The van der Waals surface area contributed by atoms with Crippen molar-refractivity contribution < 1.29 is 22.3 Å². The molecule has 3 aromatic carbocycles. The van der Waals surface area contributed by atoms with Gasteiger partial charge in [-0.05, 0) is 42.0 Å². The molecule has 1 atom stereocenters. The second kappa shape index (κ2) is 10.4. The Hall–Kier alpha value is -2.90. The average molecular weight is 462 g/mol. The van der Waals surface area contributed by atoms with Crippen LogP contribution < -0.4 is 10.1 Å². The lowest BCUT2D eigenvalue weighted by Crippen LogP contribution is -2.33. The Morgan fingerprint density at radius 2 is 1.61 bits per heavy atom. The van der Waals surface area contributed by atoms with Crippen LogP contribution in [0.2, 0.25) is 5.02 Å². The van der Waals surface area contributed by atoms with Crippen LogP contribution in [0.5, 0.6) is 5.75 Å². The number of hydrogen-bond acceptors (Lipinski definition) is 4. The summed E-state index contributed by atoms with van der Waals surface area (Å²) < 4.78 is 44.3. The van der Waals surface area contributed by atoms with Crippen LogP contribution in [-0.2, 0) is 14.6 Å². The van der Waals surface area contributed by atoms with E-state index in [1.54, 1.807) is 24.3 Å². The van der Waals surface area contributed by atoms with Crippen LogP contribution in [0.1, 0.15) is 18.0 Å². The molecule has 1 amide bonds. The van der Waals surface area contributed by atoms with Gasteiger partial charge in [0.25, 0.3) is 0 Å². The quantitative estimate of drug-likeness (QED) is 0.506. The second-order valence-electron chi connectivity index (χ2n) is 6.80. The highest BCUT2D eigenvalue weighted by molar-refractivity contribution is 7.91. The normalized spacial score (nSPS) is 12.2. The summed E-state index contributed by atoms with van der Waals surface area (Å²) in [5, 5.41) is 3.21. The van der Waals surface area contributed by atoms with Gasteiger partial charge in [-0.15, -0.1) is 0 Å². The van der Waals surface area contributed by atoms with E-state index in [-0.39, 0.29) is 29.4 Å².